The number of thiophene rings is 1. The fourth-order valence-electron chi connectivity index (χ4n) is 5.81. The maximum Gasteiger partial charge on any atom is 0.308 e. The summed E-state index contributed by atoms with van der Waals surface area (Å²) in [6, 6.07) is 9.77. The molecule has 0 atom stereocenters. The Kier molecular flexibility index (Phi) is 8.68. The van der Waals surface area contributed by atoms with Gasteiger partial charge in [0.25, 0.3) is 11.5 Å². The zero-order valence-electron chi connectivity index (χ0n) is 25.7. The topological polar surface area (TPSA) is 107 Å². The number of hydrogen-bond acceptors (Lipinski definition) is 7. The number of carbonyl (C=O) groups is 2. The average Bonchev–Trinajstić information content (AvgIpc) is 3.42. The number of rotatable bonds is 7. The van der Waals surface area contributed by atoms with Crippen molar-refractivity contribution in [2.45, 2.75) is 65.0 Å². The number of aryl methyl sites for hydroxylation is 3. The van der Waals surface area contributed by atoms with Crippen LogP contribution in [0.25, 0.3) is 21.2 Å². The van der Waals surface area contributed by atoms with E-state index in [2.05, 4.69) is 5.32 Å². The summed E-state index contributed by atoms with van der Waals surface area (Å²) >= 11 is 1.23. The van der Waals surface area contributed by atoms with Crippen molar-refractivity contribution in [1.82, 2.24) is 9.88 Å². The molecule has 0 saturated heterocycles. The molecule has 5 rings (SSSR count). The fraction of sp³-hybridized carbons (Fsp3) is 0.382. The van der Waals surface area contributed by atoms with Crippen LogP contribution in [0.3, 0.4) is 0 Å². The number of amides is 1. The first-order valence-electron chi connectivity index (χ1n) is 14.6. The minimum atomic E-state index is -1.21. The number of fused-ring (bicyclic) bond motifs is 1. The summed E-state index contributed by atoms with van der Waals surface area (Å²) in [6.07, 6.45) is 4.35. The van der Waals surface area contributed by atoms with E-state index in [1.807, 2.05) is 12.1 Å². The van der Waals surface area contributed by atoms with E-state index in [1.54, 1.807) is 53.1 Å². The minimum Gasteiger partial charge on any atom is -0.469 e. The number of esters is 1. The van der Waals surface area contributed by atoms with Gasteiger partial charge in [0.05, 0.1) is 28.9 Å². The van der Waals surface area contributed by atoms with Crippen LogP contribution >= 0.6 is 11.3 Å². The maximum atomic E-state index is 14.0. The van der Waals surface area contributed by atoms with Crippen molar-refractivity contribution in [3.05, 3.63) is 80.3 Å². The standard InChI is InChI=1S/C34H37FN2O6S/c1-18-11-23(35)12-19(2)29(18)43-25-14-21(13-22(15-25)34(3,4)41)27-17-37(5)32(39)26-16-28(44-30(26)27)31(38)36-24-9-7-20(8-10-24)33(40)42-6/h11-17,20,24,41H,7-10H2,1-6H3,(H,36,38). The fourth-order valence-corrected chi connectivity index (χ4v) is 6.89. The maximum absolute atomic E-state index is 14.0. The summed E-state index contributed by atoms with van der Waals surface area (Å²) in [4.78, 5) is 38.8. The van der Waals surface area contributed by atoms with Crippen molar-refractivity contribution >= 4 is 33.3 Å². The average molecular weight is 621 g/mol. The molecule has 1 aliphatic rings. The predicted molar refractivity (Wildman–Crippen MR) is 169 cm³/mol. The molecule has 44 heavy (non-hydrogen) atoms. The molecular weight excluding hydrogens is 583 g/mol. The smallest absolute Gasteiger partial charge is 0.308 e. The van der Waals surface area contributed by atoms with Gasteiger partial charge in [0, 0.05) is 29.5 Å². The molecule has 0 radical (unpaired) electrons. The van der Waals surface area contributed by atoms with Crippen molar-refractivity contribution < 1.29 is 28.6 Å². The quantitative estimate of drug-likeness (QED) is 0.228. The van der Waals surface area contributed by atoms with Crippen LogP contribution in [-0.4, -0.2) is 34.7 Å². The molecule has 2 N–H and O–H groups in total. The van der Waals surface area contributed by atoms with Gasteiger partial charge in [0.15, 0.2) is 0 Å². The lowest BCUT2D eigenvalue weighted by molar-refractivity contribution is -0.146. The molecule has 1 amide bonds. The molecule has 232 valence electrons. The predicted octanol–water partition coefficient (Wildman–Crippen LogP) is 6.50. The van der Waals surface area contributed by atoms with Crippen molar-refractivity contribution in [3.63, 3.8) is 0 Å². The number of aromatic nitrogens is 1. The van der Waals surface area contributed by atoms with E-state index in [-0.39, 0.29) is 35.2 Å². The van der Waals surface area contributed by atoms with Crippen LogP contribution in [0.1, 0.15) is 65.9 Å². The Balaban J connectivity index is 1.52. The molecule has 1 saturated carbocycles. The Hall–Kier alpha value is -4.02. The van der Waals surface area contributed by atoms with Crippen LogP contribution in [-0.2, 0) is 22.2 Å². The highest BCUT2D eigenvalue weighted by molar-refractivity contribution is 7.21. The Bertz CT molecular complexity index is 1790. The van der Waals surface area contributed by atoms with Crippen LogP contribution in [0, 0.1) is 25.6 Å². The minimum absolute atomic E-state index is 0.0718. The zero-order chi connectivity index (χ0) is 31.9. The first-order chi connectivity index (χ1) is 20.7. The molecule has 0 bridgehead atoms. The largest absolute Gasteiger partial charge is 0.469 e. The molecule has 0 spiro atoms. The van der Waals surface area contributed by atoms with E-state index in [1.165, 1.54) is 35.1 Å². The molecule has 0 unspecified atom stereocenters. The van der Waals surface area contributed by atoms with Crippen LogP contribution in [0.5, 0.6) is 11.5 Å². The second-order valence-corrected chi connectivity index (χ2v) is 13.2. The van der Waals surface area contributed by atoms with E-state index in [0.717, 1.165) is 0 Å². The number of hydrogen-bond donors (Lipinski definition) is 2. The Morgan fingerprint density at radius 2 is 1.70 bits per heavy atom. The summed E-state index contributed by atoms with van der Waals surface area (Å²) < 4.78 is 27.2. The number of halogens is 1. The number of aliphatic hydroxyl groups is 1. The van der Waals surface area contributed by atoms with Crippen molar-refractivity contribution in [2.24, 2.45) is 13.0 Å². The summed E-state index contributed by atoms with van der Waals surface area (Å²) in [5.41, 5.74) is 1.80. The van der Waals surface area contributed by atoms with Crippen molar-refractivity contribution in [1.29, 1.82) is 0 Å². The zero-order valence-corrected chi connectivity index (χ0v) is 26.6. The van der Waals surface area contributed by atoms with Gasteiger partial charge in [-0.15, -0.1) is 11.3 Å². The van der Waals surface area contributed by atoms with Gasteiger partial charge < -0.3 is 24.5 Å². The Morgan fingerprint density at radius 3 is 2.32 bits per heavy atom. The van der Waals surface area contributed by atoms with Crippen LogP contribution in [0.4, 0.5) is 4.39 Å². The molecule has 4 aromatic rings. The van der Waals surface area contributed by atoms with Gasteiger partial charge in [-0.2, -0.15) is 0 Å². The van der Waals surface area contributed by atoms with E-state index >= 15 is 0 Å². The summed E-state index contributed by atoms with van der Waals surface area (Å²) in [5, 5.41) is 14.5. The Morgan fingerprint density at radius 1 is 1.05 bits per heavy atom. The van der Waals surface area contributed by atoms with Gasteiger partial charge in [-0.3, -0.25) is 14.4 Å². The number of nitrogens with zero attached hydrogens (tertiary/aromatic N) is 1. The number of ether oxygens (including phenoxy) is 2. The molecule has 8 nitrogen and oxygen atoms in total. The molecule has 2 aromatic carbocycles. The first-order valence-corrected chi connectivity index (χ1v) is 15.4. The highest BCUT2D eigenvalue weighted by Crippen LogP contribution is 2.39. The van der Waals surface area contributed by atoms with Gasteiger partial charge in [-0.25, -0.2) is 4.39 Å². The number of pyridine rings is 1. The second kappa shape index (κ2) is 12.2. The number of benzene rings is 2. The molecule has 1 fully saturated rings. The molecule has 2 heterocycles. The van der Waals surface area contributed by atoms with Gasteiger partial charge >= 0.3 is 5.97 Å². The number of methoxy groups -OCH3 is 1. The first kappa shape index (κ1) is 31.4. The van der Waals surface area contributed by atoms with E-state index < -0.39 is 5.60 Å². The van der Waals surface area contributed by atoms with Crippen molar-refractivity contribution in [3.8, 4) is 22.6 Å². The normalized spacial score (nSPS) is 17.0. The molecule has 0 aliphatic heterocycles. The van der Waals surface area contributed by atoms with Gasteiger partial charge in [-0.05, 0) is 112 Å². The lowest BCUT2D eigenvalue weighted by Gasteiger charge is -2.27. The number of carbonyl (C=O) groups excluding carboxylic acids is 2. The highest BCUT2D eigenvalue weighted by Gasteiger charge is 2.29. The van der Waals surface area contributed by atoms with E-state index in [0.29, 0.717) is 80.0 Å². The van der Waals surface area contributed by atoms with E-state index in [4.69, 9.17) is 9.47 Å². The number of nitrogens with one attached hydrogen (secondary N) is 1. The third-order valence-corrected chi connectivity index (χ3v) is 9.41. The monoisotopic (exact) mass is 620 g/mol. The van der Waals surface area contributed by atoms with E-state index in [9.17, 15) is 23.9 Å². The van der Waals surface area contributed by atoms with Crippen LogP contribution in [0.2, 0.25) is 0 Å². The van der Waals surface area contributed by atoms with Crippen molar-refractivity contribution in [2.75, 3.05) is 7.11 Å². The summed E-state index contributed by atoms with van der Waals surface area (Å²) in [5.74, 6) is -0.0158. The highest BCUT2D eigenvalue weighted by atomic mass is 32.1. The molecule has 1 aliphatic carbocycles. The lowest BCUT2D eigenvalue weighted by Crippen LogP contribution is -2.38. The molecule has 10 heteroatoms. The second-order valence-electron chi connectivity index (χ2n) is 12.1. The third-order valence-electron chi connectivity index (χ3n) is 8.24. The third kappa shape index (κ3) is 6.42. The summed E-state index contributed by atoms with van der Waals surface area (Å²) in [7, 11) is 3.04. The summed E-state index contributed by atoms with van der Waals surface area (Å²) in [6.45, 7) is 6.89. The Labute approximate surface area is 259 Å². The van der Waals surface area contributed by atoms with Crippen LogP contribution < -0.4 is 15.6 Å². The lowest BCUT2D eigenvalue weighted by atomic mass is 9.86. The van der Waals surface area contributed by atoms with Gasteiger partial charge in [0.1, 0.15) is 17.3 Å². The molecule has 2 aromatic heterocycles. The van der Waals surface area contributed by atoms with Crippen LogP contribution in [0.15, 0.2) is 47.4 Å². The van der Waals surface area contributed by atoms with Gasteiger partial charge in [-0.1, -0.05) is 0 Å². The molecular formula is C34H37FN2O6S. The SMILES string of the molecule is COC(=O)C1CCC(NC(=O)c2cc3c(=O)n(C)cc(-c4cc(Oc5c(C)cc(F)cc5C)cc(C(C)(C)O)c4)c3s2)CC1. The van der Waals surface area contributed by atoms with Gasteiger partial charge in [0.2, 0.25) is 0 Å².